The zero-order valence-corrected chi connectivity index (χ0v) is 13.5. The largest absolute Gasteiger partial charge is 0.450 e. The molecule has 0 spiro atoms. The van der Waals surface area contributed by atoms with Crippen LogP contribution < -0.4 is 0 Å². The van der Waals surface area contributed by atoms with Crippen LogP contribution >= 0.6 is 11.6 Å². The normalized spacial score (nSPS) is 11.2. The quantitative estimate of drug-likeness (QED) is 0.496. The molecular weight excluding hydrogens is 330 g/mol. The summed E-state index contributed by atoms with van der Waals surface area (Å²) in [5, 5.41) is 1.37. The van der Waals surface area contributed by atoms with Crippen LogP contribution in [0, 0.1) is 6.92 Å². The van der Waals surface area contributed by atoms with E-state index in [9.17, 15) is 4.79 Å². The first kappa shape index (κ1) is 14.8. The Morgan fingerprint density at radius 3 is 2.83 bits per heavy atom. The molecule has 0 bridgehead atoms. The van der Waals surface area contributed by atoms with Gasteiger partial charge in [-0.3, -0.25) is 0 Å². The second-order valence-electron chi connectivity index (χ2n) is 5.35. The highest BCUT2D eigenvalue weighted by Crippen LogP contribution is 2.28. The predicted molar refractivity (Wildman–Crippen MR) is 89.1 cm³/mol. The summed E-state index contributed by atoms with van der Waals surface area (Å²) in [4.78, 5) is 16.6. The number of aryl methyl sites for hydroxylation is 1. The molecule has 0 aliphatic heterocycles. The van der Waals surface area contributed by atoms with Gasteiger partial charge in [-0.05, 0) is 37.3 Å². The molecule has 0 atom stereocenters. The zero-order chi connectivity index (χ0) is 16.7. The maximum atomic E-state index is 12.3. The van der Waals surface area contributed by atoms with Gasteiger partial charge in [0.1, 0.15) is 11.1 Å². The molecule has 0 N–H and O–H groups in total. The van der Waals surface area contributed by atoms with Crippen LogP contribution in [-0.2, 0) is 11.3 Å². The van der Waals surface area contributed by atoms with Crippen LogP contribution in [0.5, 0.6) is 0 Å². The predicted octanol–water partition coefficient (Wildman–Crippen LogP) is 4.89. The van der Waals surface area contributed by atoms with Crippen molar-refractivity contribution in [2.45, 2.75) is 13.5 Å². The molecular formula is C18H12ClNO4. The van der Waals surface area contributed by atoms with E-state index in [-0.39, 0.29) is 12.4 Å². The number of oxazole rings is 1. The van der Waals surface area contributed by atoms with Crippen molar-refractivity contribution in [1.29, 1.82) is 0 Å². The molecule has 120 valence electrons. The number of nitrogens with zero attached hydrogens (tertiary/aromatic N) is 1. The third kappa shape index (κ3) is 2.53. The summed E-state index contributed by atoms with van der Waals surface area (Å²) in [6.45, 7) is 1.73. The Bertz CT molecular complexity index is 1030. The Labute approximate surface area is 141 Å². The van der Waals surface area contributed by atoms with Gasteiger partial charge in [0.15, 0.2) is 12.2 Å². The summed E-state index contributed by atoms with van der Waals surface area (Å²) >= 11 is 5.98. The van der Waals surface area contributed by atoms with Gasteiger partial charge in [-0.25, -0.2) is 9.78 Å². The highest BCUT2D eigenvalue weighted by atomic mass is 35.5. The summed E-state index contributed by atoms with van der Waals surface area (Å²) < 4.78 is 16.4. The molecule has 0 amide bonds. The lowest BCUT2D eigenvalue weighted by Crippen LogP contribution is -2.05. The van der Waals surface area contributed by atoms with E-state index in [4.69, 9.17) is 25.2 Å². The van der Waals surface area contributed by atoms with Gasteiger partial charge in [-0.2, -0.15) is 0 Å². The molecule has 0 aliphatic carbocycles. The van der Waals surface area contributed by atoms with Crippen LogP contribution in [0.1, 0.15) is 22.0 Å². The van der Waals surface area contributed by atoms with Gasteiger partial charge in [0.2, 0.25) is 11.7 Å². The third-order valence-electron chi connectivity index (χ3n) is 3.75. The number of furan rings is 1. The number of benzene rings is 2. The fraction of sp³-hybridized carbons (Fsp3) is 0.111. The van der Waals surface area contributed by atoms with Crippen molar-refractivity contribution in [2.75, 3.05) is 0 Å². The molecule has 2 aromatic carbocycles. The number of hydrogen-bond donors (Lipinski definition) is 0. The van der Waals surface area contributed by atoms with Gasteiger partial charge in [-0.1, -0.05) is 23.7 Å². The lowest BCUT2D eigenvalue weighted by molar-refractivity contribution is 0.0405. The van der Waals surface area contributed by atoms with Gasteiger partial charge < -0.3 is 13.6 Å². The minimum Gasteiger partial charge on any atom is -0.450 e. The van der Waals surface area contributed by atoms with Crippen LogP contribution in [-0.4, -0.2) is 11.0 Å². The minimum atomic E-state index is -0.568. The maximum Gasteiger partial charge on any atom is 0.375 e. The lowest BCUT2D eigenvalue weighted by atomic mass is 10.1. The molecule has 0 saturated carbocycles. The first-order valence-electron chi connectivity index (χ1n) is 7.32. The Morgan fingerprint density at radius 1 is 1.17 bits per heavy atom. The number of halogens is 1. The zero-order valence-electron chi connectivity index (χ0n) is 12.7. The SMILES string of the molecule is Cc1c(C(=O)OCc2nc3ccccc3o2)oc2ccc(Cl)cc12. The number of fused-ring (bicyclic) bond motifs is 2. The maximum absolute atomic E-state index is 12.3. The Balaban J connectivity index is 1.56. The standard InChI is InChI=1S/C18H12ClNO4/c1-10-12-8-11(19)6-7-14(12)24-17(10)18(21)22-9-16-20-13-4-2-3-5-15(13)23-16/h2-8H,9H2,1H3. The van der Waals surface area contributed by atoms with Crippen LogP contribution in [0.4, 0.5) is 0 Å². The fourth-order valence-electron chi connectivity index (χ4n) is 2.56. The molecule has 5 nitrogen and oxygen atoms in total. The summed E-state index contributed by atoms with van der Waals surface area (Å²) in [7, 11) is 0. The van der Waals surface area contributed by atoms with Crippen LogP contribution in [0.25, 0.3) is 22.1 Å². The minimum absolute atomic E-state index is 0.0647. The van der Waals surface area contributed by atoms with Crippen molar-refractivity contribution in [3.63, 3.8) is 0 Å². The summed E-state index contributed by atoms with van der Waals surface area (Å²) in [6, 6.07) is 12.5. The van der Waals surface area contributed by atoms with E-state index in [1.165, 1.54) is 0 Å². The number of rotatable bonds is 3. The fourth-order valence-corrected chi connectivity index (χ4v) is 2.73. The second kappa shape index (κ2) is 5.69. The van der Waals surface area contributed by atoms with Gasteiger partial charge in [0.25, 0.3) is 0 Å². The van der Waals surface area contributed by atoms with E-state index in [2.05, 4.69) is 4.98 Å². The van der Waals surface area contributed by atoms with Crippen LogP contribution in [0.15, 0.2) is 51.3 Å². The molecule has 0 saturated heterocycles. The van der Waals surface area contributed by atoms with Crippen molar-refractivity contribution in [1.82, 2.24) is 4.98 Å². The van der Waals surface area contributed by atoms with Crippen molar-refractivity contribution >= 4 is 39.6 Å². The molecule has 6 heteroatoms. The van der Waals surface area contributed by atoms with E-state index < -0.39 is 5.97 Å². The van der Waals surface area contributed by atoms with Crippen molar-refractivity contribution < 1.29 is 18.4 Å². The highest BCUT2D eigenvalue weighted by molar-refractivity contribution is 6.31. The van der Waals surface area contributed by atoms with E-state index in [1.807, 2.05) is 18.2 Å². The van der Waals surface area contributed by atoms with Gasteiger partial charge in [-0.15, -0.1) is 0 Å². The average molecular weight is 342 g/mol. The van der Waals surface area contributed by atoms with E-state index in [0.717, 1.165) is 10.9 Å². The number of carbonyl (C=O) groups excluding carboxylic acids is 1. The van der Waals surface area contributed by atoms with E-state index in [0.29, 0.717) is 27.6 Å². The number of aromatic nitrogens is 1. The summed E-state index contributed by atoms with van der Waals surface area (Å²) in [6.07, 6.45) is 0. The Morgan fingerprint density at radius 2 is 2.00 bits per heavy atom. The second-order valence-corrected chi connectivity index (χ2v) is 5.78. The van der Waals surface area contributed by atoms with E-state index >= 15 is 0 Å². The average Bonchev–Trinajstić information content (AvgIpc) is 3.14. The lowest BCUT2D eigenvalue weighted by Gasteiger charge is -2.00. The van der Waals surface area contributed by atoms with Crippen LogP contribution in [0.3, 0.4) is 0 Å². The Hall–Kier alpha value is -2.79. The Kier molecular flexibility index (Phi) is 3.50. The summed E-state index contributed by atoms with van der Waals surface area (Å²) in [5.74, 6) is -0.0770. The first-order chi connectivity index (χ1) is 11.6. The third-order valence-corrected chi connectivity index (χ3v) is 3.98. The molecule has 0 radical (unpaired) electrons. The number of carbonyl (C=O) groups is 1. The van der Waals surface area contributed by atoms with Gasteiger partial charge >= 0.3 is 5.97 Å². The number of ether oxygens (including phenoxy) is 1. The molecule has 0 fully saturated rings. The highest BCUT2D eigenvalue weighted by Gasteiger charge is 2.20. The molecule has 4 rings (SSSR count). The number of esters is 1. The molecule has 0 aliphatic rings. The summed E-state index contributed by atoms with van der Waals surface area (Å²) in [5.41, 5.74) is 2.65. The van der Waals surface area contributed by atoms with E-state index in [1.54, 1.807) is 31.2 Å². The molecule has 2 heterocycles. The number of hydrogen-bond acceptors (Lipinski definition) is 5. The molecule has 0 unspecified atom stereocenters. The number of para-hydroxylation sites is 2. The van der Waals surface area contributed by atoms with Crippen molar-refractivity contribution in [2.24, 2.45) is 0 Å². The van der Waals surface area contributed by atoms with Gasteiger partial charge in [0, 0.05) is 16.0 Å². The smallest absolute Gasteiger partial charge is 0.375 e. The molecule has 2 aromatic heterocycles. The van der Waals surface area contributed by atoms with Crippen molar-refractivity contribution in [3.05, 3.63) is 64.7 Å². The molecule has 4 aromatic rings. The topological polar surface area (TPSA) is 65.5 Å². The van der Waals surface area contributed by atoms with Crippen LogP contribution in [0.2, 0.25) is 5.02 Å². The van der Waals surface area contributed by atoms with Gasteiger partial charge in [0.05, 0.1) is 0 Å². The van der Waals surface area contributed by atoms with Crippen molar-refractivity contribution in [3.8, 4) is 0 Å². The molecule has 24 heavy (non-hydrogen) atoms. The first-order valence-corrected chi connectivity index (χ1v) is 7.70. The monoisotopic (exact) mass is 341 g/mol.